The van der Waals surface area contributed by atoms with Gasteiger partial charge in [0.25, 0.3) is 0 Å². The molecular formula is C70H42F6N6. The van der Waals surface area contributed by atoms with Crippen LogP contribution in [0.1, 0.15) is 22.3 Å². The molecule has 0 amide bonds. The molecule has 0 atom stereocenters. The van der Waals surface area contributed by atoms with Crippen LogP contribution in [0.5, 0.6) is 0 Å². The fourth-order valence-electron chi connectivity index (χ4n) is 11.5. The quantitative estimate of drug-likeness (QED) is 0.128. The van der Waals surface area contributed by atoms with Gasteiger partial charge in [0.1, 0.15) is 12.1 Å². The summed E-state index contributed by atoms with van der Waals surface area (Å²) in [6, 6.07) is 80.5. The van der Waals surface area contributed by atoms with Crippen molar-refractivity contribution in [3.8, 4) is 45.8 Å². The van der Waals surface area contributed by atoms with Gasteiger partial charge >= 0.3 is 12.4 Å². The van der Waals surface area contributed by atoms with Crippen LogP contribution in [0.4, 0.5) is 60.5 Å². The van der Waals surface area contributed by atoms with Crippen molar-refractivity contribution in [1.82, 2.24) is 9.13 Å². The van der Waals surface area contributed by atoms with Crippen LogP contribution in [0.3, 0.4) is 0 Å². The maximum absolute atomic E-state index is 14.8. The van der Waals surface area contributed by atoms with Gasteiger partial charge in [0.15, 0.2) is 0 Å². The minimum Gasteiger partial charge on any atom is -0.311 e. The molecule has 0 bridgehead atoms. The van der Waals surface area contributed by atoms with E-state index in [4.69, 9.17) is 0 Å². The summed E-state index contributed by atoms with van der Waals surface area (Å²) in [5, 5.41) is 25.2. The van der Waals surface area contributed by atoms with Crippen molar-refractivity contribution in [2.75, 3.05) is 9.80 Å². The average Bonchev–Trinajstić information content (AvgIpc) is 2.16. The molecule has 0 spiro atoms. The molecule has 0 aliphatic rings. The van der Waals surface area contributed by atoms with Crippen LogP contribution in [0.15, 0.2) is 255 Å². The number of alkyl halides is 6. The van der Waals surface area contributed by atoms with Crippen molar-refractivity contribution in [3.63, 3.8) is 0 Å². The Morgan fingerprint density at radius 2 is 0.622 bits per heavy atom. The summed E-state index contributed by atoms with van der Waals surface area (Å²) < 4.78 is 92.2. The molecule has 0 saturated carbocycles. The monoisotopic (exact) mass is 1080 g/mol. The van der Waals surface area contributed by atoms with E-state index in [9.17, 15) is 36.9 Å². The van der Waals surface area contributed by atoms with E-state index >= 15 is 0 Å². The highest BCUT2D eigenvalue weighted by molar-refractivity contribution is 6.14. The number of hydrogen-bond donors (Lipinski definition) is 0. The SMILES string of the molecule is N#Cc1c(C#N)c(-n2c3ccccc3c3cc(C(F)(F)F)ccc32)c(-c2ccc(N(c3ccccc3)c3ccccc3)cc2)c(-n2c3ccccc3c3cc(C(F)(F)F)ccc32)c1-c1ccc(N(c2ccccc2)c2ccccc2)cc1. The zero-order valence-corrected chi connectivity index (χ0v) is 43.2. The Bertz CT molecular complexity index is 4580. The molecule has 13 rings (SSSR count). The first-order valence-electron chi connectivity index (χ1n) is 26.2. The predicted octanol–water partition coefficient (Wildman–Crippen LogP) is 19.9. The Labute approximate surface area is 466 Å². The molecule has 394 valence electrons. The van der Waals surface area contributed by atoms with Crippen molar-refractivity contribution in [2.45, 2.75) is 12.4 Å². The molecule has 0 saturated heterocycles. The Hall–Kier alpha value is -10.8. The lowest BCUT2D eigenvalue weighted by molar-refractivity contribution is -0.138. The molecule has 0 unspecified atom stereocenters. The number of fused-ring (bicyclic) bond motifs is 6. The van der Waals surface area contributed by atoms with E-state index in [1.165, 1.54) is 12.1 Å². The summed E-state index contributed by atoms with van der Waals surface area (Å²) in [7, 11) is 0. The highest BCUT2D eigenvalue weighted by atomic mass is 19.4. The number of rotatable bonds is 10. The lowest BCUT2D eigenvalue weighted by atomic mass is 9.86. The molecular weight excluding hydrogens is 1040 g/mol. The summed E-state index contributed by atoms with van der Waals surface area (Å²) in [4.78, 5) is 4.17. The second-order valence-corrected chi connectivity index (χ2v) is 19.7. The second-order valence-electron chi connectivity index (χ2n) is 19.7. The standard InChI is InChI=1S/C70H42F6N6/c71-69(72,73)47-33-39-63-57(41-47)55-25-13-15-27-61(55)81(63)67-60(44-78)59(43-77)65(45-29-35-53(36-30-45)79(49-17-5-1-6-18-49)50-19-7-2-8-20-50)68(82-62-28-16-14-26-56(62)58-42-48(70(74,75)76)34-40-64(58)82)66(67)46-31-37-54(38-32-46)80(51-21-9-3-10-22-51)52-23-11-4-12-24-52/h1-42H. The fourth-order valence-corrected chi connectivity index (χ4v) is 11.5. The van der Waals surface area contributed by atoms with Gasteiger partial charge in [0.2, 0.25) is 0 Å². The van der Waals surface area contributed by atoms with Crippen molar-refractivity contribution in [2.24, 2.45) is 0 Å². The van der Waals surface area contributed by atoms with Gasteiger partial charge in [-0.2, -0.15) is 36.9 Å². The maximum Gasteiger partial charge on any atom is 0.416 e. The van der Waals surface area contributed by atoms with E-state index in [0.717, 1.165) is 58.4 Å². The highest BCUT2D eigenvalue weighted by Gasteiger charge is 2.36. The minimum absolute atomic E-state index is 0.0707. The van der Waals surface area contributed by atoms with Crippen LogP contribution in [-0.4, -0.2) is 9.13 Å². The van der Waals surface area contributed by atoms with Crippen LogP contribution >= 0.6 is 0 Å². The van der Waals surface area contributed by atoms with Gasteiger partial charge in [0, 0.05) is 66.8 Å². The van der Waals surface area contributed by atoms with Crippen LogP contribution in [0.2, 0.25) is 0 Å². The lowest BCUT2D eigenvalue weighted by Gasteiger charge is -2.28. The molecule has 0 aliphatic carbocycles. The summed E-state index contributed by atoms with van der Waals surface area (Å²) in [6.45, 7) is 0. The molecule has 2 heterocycles. The van der Waals surface area contributed by atoms with Crippen molar-refractivity contribution in [3.05, 3.63) is 277 Å². The number of anilines is 6. The number of hydrogen-bond acceptors (Lipinski definition) is 4. The molecule has 0 fully saturated rings. The summed E-state index contributed by atoms with van der Waals surface area (Å²) in [5.41, 5.74) is 6.87. The first-order chi connectivity index (χ1) is 39.9. The third kappa shape index (κ3) is 8.62. The lowest BCUT2D eigenvalue weighted by Crippen LogP contribution is -2.12. The van der Waals surface area contributed by atoms with Crippen molar-refractivity contribution >= 4 is 77.7 Å². The predicted molar refractivity (Wildman–Crippen MR) is 315 cm³/mol. The van der Waals surface area contributed by atoms with Gasteiger partial charge in [-0.15, -0.1) is 0 Å². The Kier molecular flexibility index (Phi) is 12.4. The summed E-state index contributed by atoms with van der Waals surface area (Å²) in [6.07, 6.45) is -9.40. The Morgan fingerprint density at radius 3 is 0.988 bits per heavy atom. The first-order valence-corrected chi connectivity index (χ1v) is 26.2. The van der Waals surface area contributed by atoms with Gasteiger partial charge in [-0.05, 0) is 132 Å². The van der Waals surface area contributed by atoms with Gasteiger partial charge in [-0.25, -0.2) is 0 Å². The minimum atomic E-state index is -4.70. The number of aromatic nitrogens is 2. The Morgan fingerprint density at radius 1 is 0.305 bits per heavy atom. The number of nitriles is 2. The zero-order chi connectivity index (χ0) is 56.3. The molecule has 82 heavy (non-hydrogen) atoms. The van der Waals surface area contributed by atoms with E-state index < -0.39 is 23.5 Å². The van der Waals surface area contributed by atoms with E-state index in [-0.39, 0.29) is 33.2 Å². The molecule has 2 aromatic heterocycles. The number of benzene rings is 11. The van der Waals surface area contributed by atoms with E-state index in [2.05, 4.69) is 21.9 Å². The van der Waals surface area contributed by atoms with Gasteiger partial charge in [-0.1, -0.05) is 133 Å². The van der Waals surface area contributed by atoms with Gasteiger partial charge in [0.05, 0.1) is 55.7 Å². The molecule has 0 radical (unpaired) electrons. The normalized spacial score (nSPS) is 11.8. The number of para-hydroxylation sites is 6. The van der Waals surface area contributed by atoms with Crippen molar-refractivity contribution in [1.29, 1.82) is 10.5 Å². The fraction of sp³-hybridized carbons (Fsp3) is 0.0286. The molecule has 0 aliphatic heterocycles. The molecule has 13 aromatic rings. The van der Waals surface area contributed by atoms with Gasteiger partial charge in [-0.3, -0.25) is 0 Å². The third-order valence-electron chi connectivity index (χ3n) is 15.0. The van der Waals surface area contributed by atoms with Crippen LogP contribution < -0.4 is 9.80 Å². The third-order valence-corrected chi connectivity index (χ3v) is 15.0. The zero-order valence-electron chi connectivity index (χ0n) is 43.2. The number of halogens is 6. The second kappa shape index (κ2) is 20.1. The molecule has 6 nitrogen and oxygen atoms in total. The topological polar surface area (TPSA) is 63.9 Å². The first kappa shape index (κ1) is 50.7. The van der Waals surface area contributed by atoms with E-state index in [1.54, 1.807) is 53.1 Å². The van der Waals surface area contributed by atoms with Gasteiger partial charge < -0.3 is 18.9 Å². The van der Waals surface area contributed by atoms with E-state index in [1.807, 2.05) is 174 Å². The summed E-state index contributed by atoms with van der Waals surface area (Å²) in [5.74, 6) is 0. The number of nitrogens with zero attached hydrogens (tertiary/aromatic N) is 6. The Balaban J connectivity index is 1.20. The molecule has 0 N–H and O–H groups in total. The van der Waals surface area contributed by atoms with Crippen LogP contribution in [-0.2, 0) is 12.4 Å². The summed E-state index contributed by atoms with van der Waals surface area (Å²) >= 11 is 0. The molecule has 11 aromatic carbocycles. The average molecular weight is 1080 g/mol. The smallest absolute Gasteiger partial charge is 0.311 e. The largest absolute Gasteiger partial charge is 0.416 e. The maximum atomic E-state index is 14.8. The van der Waals surface area contributed by atoms with Crippen LogP contribution in [0.25, 0.3) is 77.2 Å². The van der Waals surface area contributed by atoms with Crippen LogP contribution in [0, 0.1) is 22.7 Å². The van der Waals surface area contributed by atoms with E-state index in [0.29, 0.717) is 55.2 Å². The van der Waals surface area contributed by atoms with Crippen molar-refractivity contribution < 1.29 is 26.3 Å². The highest BCUT2D eigenvalue weighted by Crippen LogP contribution is 2.51. The molecule has 12 heteroatoms.